The van der Waals surface area contributed by atoms with Crippen LogP contribution in [0, 0.1) is 6.92 Å². The lowest BCUT2D eigenvalue weighted by Crippen LogP contribution is -2.15. The standard InChI is InChI=1S/C13H14N4O/c1-9-3-5-16-8-12(9)17-13(18)10-7-15-6-4-11(10)14-2/h3-8H,1-2H3,(H,14,15)(H,17,18). The molecule has 0 aliphatic rings. The Kier molecular flexibility index (Phi) is 3.52. The third-order valence-electron chi connectivity index (χ3n) is 2.62. The van der Waals surface area contributed by atoms with Gasteiger partial charge in [0.05, 0.1) is 17.4 Å². The Balaban J connectivity index is 2.25. The largest absolute Gasteiger partial charge is 0.387 e. The first kappa shape index (κ1) is 12.0. The molecule has 2 aromatic heterocycles. The normalized spacial score (nSPS) is 9.89. The Hall–Kier alpha value is -2.43. The molecule has 1 amide bonds. The van der Waals surface area contributed by atoms with Crippen LogP contribution >= 0.6 is 0 Å². The SMILES string of the molecule is CNc1ccncc1C(=O)Nc1cnccc1C. The highest BCUT2D eigenvalue weighted by molar-refractivity contribution is 6.07. The Morgan fingerprint density at radius 3 is 2.56 bits per heavy atom. The average Bonchev–Trinajstić information content (AvgIpc) is 2.41. The summed E-state index contributed by atoms with van der Waals surface area (Å²) in [6.07, 6.45) is 6.49. The van der Waals surface area contributed by atoms with Gasteiger partial charge in [0.15, 0.2) is 0 Å². The van der Waals surface area contributed by atoms with Gasteiger partial charge in [0.1, 0.15) is 0 Å². The fraction of sp³-hybridized carbons (Fsp3) is 0.154. The lowest BCUT2D eigenvalue weighted by atomic mass is 10.2. The predicted molar refractivity (Wildman–Crippen MR) is 70.7 cm³/mol. The smallest absolute Gasteiger partial charge is 0.259 e. The molecule has 92 valence electrons. The number of hydrogen-bond acceptors (Lipinski definition) is 4. The molecule has 0 aromatic carbocycles. The van der Waals surface area contributed by atoms with Crippen LogP contribution in [0.15, 0.2) is 36.9 Å². The molecule has 0 saturated carbocycles. The van der Waals surface area contributed by atoms with E-state index in [1.54, 1.807) is 31.7 Å². The van der Waals surface area contributed by atoms with Gasteiger partial charge in [-0.15, -0.1) is 0 Å². The van der Waals surface area contributed by atoms with Gasteiger partial charge in [-0.1, -0.05) is 0 Å². The molecule has 5 nitrogen and oxygen atoms in total. The molecular formula is C13H14N4O. The van der Waals surface area contributed by atoms with Crippen molar-refractivity contribution in [2.75, 3.05) is 17.7 Å². The van der Waals surface area contributed by atoms with Crippen LogP contribution in [-0.4, -0.2) is 22.9 Å². The van der Waals surface area contributed by atoms with Crippen molar-refractivity contribution in [1.29, 1.82) is 0 Å². The number of aryl methyl sites for hydroxylation is 1. The molecule has 0 saturated heterocycles. The summed E-state index contributed by atoms with van der Waals surface area (Å²) in [6, 6.07) is 3.60. The van der Waals surface area contributed by atoms with Gasteiger partial charge < -0.3 is 10.6 Å². The van der Waals surface area contributed by atoms with Gasteiger partial charge in [0.2, 0.25) is 0 Å². The van der Waals surface area contributed by atoms with Crippen molar-refractivity contribution < 1.29 is 4.79 Å². The summed E-state index contributed by atoms with van der Waals surface area (Å²) in [5.74, 6) is -0.205. The summed E-state index contributed by atoms with van der Waals surface area (Å²) in [4.78, 5) is 20.1. The first-order valence-corrected chi connectivity index (χ1v) is 5.56. The van der Waals surface area contributed by atoms with Crippen molar-refractivity contribution in [3.63, 3.8) is 0 Å². The van der Waals surface area contributed by atoms with Crippen LogP contribution in [0.1, 0.15) is 15.9 Å². The minimum absolute atomic E-state index is 0.205. The zero-order chi connectivity index (χ0) is 13.0. The summed E-state index contributed by atoms with van der Waals surface area (Å²) in [5, 5.41) is 5.78. The number of aromatic nitrogens is 2. The lowest BCUT2D eigenvalue weighted by molar-refractivity contribution is 0.102. The number of carbonyl (C=O) groups excluding carboxylic acids is 1. The molecule has 0 atom stereocenters. The Labute approximate surface area is 105 Å². The number of anilines is 2. The summed E-state index contributed by atoms with van der Waals surface area (Å²) in [7, 11) is 1.77. The second-order valence-corrected chi connectivity index (χ2v) is 3.82. The number of hydrogen-bond donors (Lipinski definition) is 2. The predicted octanol–water partition coefficient (Wildman–Crippen LogP) is 2.08. The Bertz CT molecular complexity index is 568. The molecule has 2 rings (SSSR count). The third kappa shape index (κ3) is 2.45. The van der Waals surface area contributed by atoms with Crippen LogP contribution in [0.3, 0.4) is 0 Å². The van der Waals surface area contributed by atoms with Crippen molar-refractivity contribution in [2.45, 2.75) is 6.92 Å². The Morgan fingerprint density at radius 2 is 1.83 bits per heavy atom. The van der Waals surface area contributed by atoms with E-state index < -0.39 is 0 Å². The van der Waals surface area contributed by atoms with Crippen LogP contribution in [0.2, 0.25) is 0 Å². The number of carbonyl (C=O) groups is 1. The minimum atomic E-state index is -0.205. The van der Waals surface area contributed by atoms with Crippen molar-refractivity contribution in [1.82, 2.24) is 9.97 Å². The van der Waals surface area contributed by atoms with Crippen LogP contribution in [0.25, 0.3) is 0 Å². The van der Waals surface area contributed by atoms with Crippen LogP contribution in [-0.2, 0) is 0 Å². The number of nitrogens with one attached hydrogen (secondary N) is 2. The van der Waals surface area contributed by atoms with E-state index in [2.05, 4.69) is 20.6 Å². The van der Waals surface area contributed by atoms with Gasteiger partial charge in [-0.05, 0) is 24.6 Å². The maximum absolute atomic E-state index is 12.1. The highest BCUT2D eigenvalue weighted by atomic mass is 16.1. The molecule has 0 radical (unpaired) electrons. The van der Waals surface area contributed by atoms with E-state index in [9.17, 15) is 4.79 Å². The average molecular weight is 242 g/mol. The summed E-state index contributed by atoms with van der Waals surface area (Å²) in [5.41, 5.74) is 2.91. The van der Waals surface area contributed by atoms with Gasteiger partial charge in [-0.25, -0.2) is 0 Å². The van der Waals surface area contributed by atoms with Crippen molar-refractivity contribution in [3.8, 4) is 0 Å². The van der Waals surface area contributed by atoms with E-state index in [4.69, 9.17) is 0 Å². The highest BCUT2D eigenvalue weighted by Crippen LogP contribution is 2.17. The molecular weight excluding hydrogens is 228 g/mol. The zero-order valence-electron chi connectivity index (χ0n) is 10.3. The van der Waals surface area contributed by atoms with E-state index in [1.807, 2.05) is 13.0 Å². The first-order chi connectivity index (χ1) is 8.72. The van der Waals surface area contributed by atoms with E-state index >= 15 is 0 Å². The van der Waals surface area contributed by atoms with E-state index in [0.29, 0.717) is 11.3 Å². The molecule has 0 aliphatic heterocycles. The number of pyridine rings is 2. The maximum Gasteiger partial charge on any atom is 0.259 e. The van der Waals surface area contributed by atoms with Gasteiger partial charge in [0.25, 0.3) is 5.91 Å². The fourth-order valence-corrected chi connectivity index (χ4v) is 1.58. The van der Waals surface area contributed by atoms with Gasteiger partial charge in [-0.2, -0.15) is 0 Å². The molecule has 0 fully saturated rings. The quantitative estimate of drug-likeness (QED) is 0.864. The summed E-state index contributed by atoms with van der Waals surface area (Å²) < 4.78 is 0. The van der Waals surface area contributed by atoms with E-state index in [0.717, 1.165) is 11.3 Å². The molecule has 2 N–H and O–H groups in total. The fourth-order valence-electron chi connectivity index (χ4n) is 1.58. The molecule has 5 heteroatoms. The number of amides is 1. The second-order valence-electron chi connectivity index (χ2n) is 3.82. The molecule has 0 bridgehead atoms. The number of nitrogens with zero attached hydrogens (tertiary/aromatic N) is 2. The minimum Gasteiger partial charge on any atom is -0.387 e. The third-order valence-corrected chi connectivity index (χ3v) is 2.62. The van der Waals surface area contributed by atoms with Crippen molar-refractivity contribution >= 4 is 17.3 Å². The van der Waals surface area contributed by atoms with Crippen molar-refractivity contribution in [2.24, 2.45) is 0 Å². The summed E-state index contributed by atoms with van der Waals surface area (Å²) >= 11 is 0. The zero-order valence-corrected chi connectivity index (χ0v) is 10.3. The molecule has 0 spiro atoms. The molecule has 0 aliphatic carbocycles. The molecule has 2 heterocycles. The topological polar surface area (TPSA) is 66.9 Å². The van der Waals surface area contributed by atoms with Crippen LogP contribution in [0.4, 0.5) is 11.4 Å². The van der Waals surface area contributed by atoms with Gasteiger partial charge in [0, 0.05) is 31.3 Å². The monoisotopic (exact) mass is 242 g/mol. The molecule has 2 aromatic rings. The molecule has 0 unspecified atom stereocenters. The second kappa shape index (κ2) is 5.27. The van der Waals surface area contributed by atoms with Crippen LogP contribution in [0.5, 0.6) is 0 Å². The Morgan fingerprint density at radius 1 is 1.11 bits per heavy atom. The van der Waals surface area contributed by atoms with Gasteiger partial charge >= 0.3 is 0 Å². The highest BCUT2D eigenvalue weighted by Gasteiger charge is 2.11. The molecule has 18 heavy (non-hydrogen) atoms. The van der Waals surface area contributed by atoms with E-state index in [-0.39, 0.29) is 5.91 Å². The number of rotatable bonds is 3. The van der Waals surface area contributed by atoms with E-state index in [1.165, 1.54) is 6.20 Å². The van der Waals surface area contributed by atoms with Crippen molar-refractivity contribution in [3.05, 3.63) is 48.0 Å². The maximum atomic E-state index is 12.1. The first-order valence-electron chi connectivity index (χ1n) is 5.56. The lowest BCUT2D eigenvalue weighted by Gasteiger charge is -2.10. The van der Waals surface area contributed by atoms with Gasteiger partial charge in [-0.3, -0.25) is 14.8 Å². The van der Waals surface area contributed by atoms with Crippen LogP contribution < -0.4 is 10.6 Å². The summed E-state index contributed by atoms with van der Waals surface area (Å²) in [6.45, 7) is 1.92.